The fourth-order valence-electron chi connectivity index (χ4n) is 2.80. The molecule has 0 saturated carbocycles. The van der Waals surface area contributed by atoms with Gasteiger partial charge < -0.3 is 25.4 Å². The maximum atomic E-state index is 12.4. The Morgan fingerprint density at radius 1 is 0.800 bits per heavy atom. The molecule has 30 heavy (non-hydrogen) atoms. The highest BCUT2D eigenvalue weighted by Gasteiger charge is 2.09. The normalized spacial score (nSPS) is 10.1. The summed E-state index contributed by atoms with van der Waals surface area (Å²) in [7, 11) is 3.13. The summed E-state index contributed by atoms with van der Waals surface area (Å²) in [5.74, 6) is 0.798. The van der Waals surface area contributed by atoms with Crippen molar-refractivity contribution in [3.63, 3.8) is 0 Å². The van der Waals surface area contributed by atoms with Crippen LogP contribution in [0.25, 0.3) is 0 Å². The lowest BCUT2D eigenvalue weighted by molar-refractivity contribution is -0.114. The van der Waals surface area contributed by atoms with Crippen LogP contribution in [0, 0.1) is 0 Å². The predicted molar refractivity (Wildman–Crippen MR) is 118 cm³/mol. The highest BCUT2D eigenvalue weighted by atomic mass is 16.5. The molecule has 0 saturated heterocycles. The van der Waals surface area contributed by atoms with Crippen LogP contribution in [0.5, 0.6) is 11.5 Å². The van der Waals surface area contributed by atoms with Gasteiger partial charge >= 0.3 is 0 Å². The van der Waals surface area contributed by atoms with E-state index in [2.05, 4.69) is 16.0 Å². The van der Waals surface area contributed by atoms with E-state index in [9.17, 15) is 9.59 Å². The van der Waals surface area contributed by atoms with Gasteiger partial charge in [0.25, 0.3) is 5.91 Å². The molecule has 3 N–H and O–H groups in total. The Balaban J connectivity index is 1.59. The zero-order valence-corrected chi connectivity index (χ0v) is 16.8. The monoisotopic (exact) mass is 405 g/mol. The van der Waals surface area contributed by atoms with E-state index < -0.39 is 0 Å². The molecule has 0 spiro atoms. The minimum atomic E-state index is -0.244. The van der Waals surface area contributed by atoms with Gasteiger partial charge in [0.05, 0.1) is 26.5 Å². The van der Waals surface area contributed by atoms with Crippen molar-refractivity contribution in [2.24, 2.45) is 0 Å². The molecular formula is C23H23N3O4. The standard InChI is InChI=1S/C23H23N3O4/c1-29-19-11-12-21(30-2)20(14-19)24-15-22(27)25-17-9-6-10-18(13-17)26-23(28)16-7-4-3-5-8-16/h3-14,24H,15H2,1-2H3,(H,25,27)(H,26,28). The average molecular weight is 405 g/mol. The number of carbonyl (C=O) groups excluding carboxylic acids is 2. The van der Waals surface area contributed by atoms with E-state index >= 15 is 0 Å². The third-order valence-electron chi connectivity index (χ3n) is 4.29. The molecule has 0 aliphatic heterocycles. The van der Waals surface area contributed by atoms with Crippen LogP contribution in [0.2, 0.25) is 0 Å². The van der Waals surface area contributed by atoms with E-state index in [0.29, 0.717) is 34.1 Å². The number of carbonyl (C=O) groups is 2. The average Bonchev–Trinajstić information content (AvgIpc) is 2.78. The third-order valence-corrected chi connectivity index (χ3v) is 4.29. The van der Waals surface area contributed by atoms with Gasteiger partial charge in [-0.1, -0.05) is 24.3 Å². The summed E-state index contributed by atoms with van der Waals surface area (Å²) in [4.78, 5) is 24.7. The molecule has 0 heterocycles. The lowest BCUT2D eigenvalue weighted by Crippen LogP contribution is -2.22. The summed E-state index contributed by atoms with van der Waals surface area (Å²) in [6.07, 6.45) is 0. The van der Waals surface area contributed by atoms with Crippen molar-refractivity contribution >= 4 is 28.9 Å². The molecule has 3 aromatic rings. The molecule has 2 amide bonds. The third kappa shape index (κ3) is 5.51. The smallest absolute Gasteiger partial charge is 0.255 e. The second kappa shape index (κ2) is 9.97. The second-order valence-corrected chi connectivity index (χ2v) is 6.37. The van der Waals surface area contributed by atoms with Gasteiger partial charge in [0.1, 0.15) is 11.5 Å². The quantitative estimate of drug-likeness (QED) is 0.527. The zero-order valence-electron chi connectivity index (χ0n) is 16.8. The predicted octanol–water partition coefficient (Wildman–Crippen LogP) is 4.01. The highest BCUT2D eigenvalue weighted by molar-refractivity contribution is 6.04. The maximum absolute atomic E-state index is 12.4. The van der Waals surface area contributed by atoms with Crippen LogP contribution in [-0.4, -0.2) is 32.6 Å². The summed E-state index contributed by atoms with van der Waals surface area (Å²) in [6, 6.07) is 21.2. The molecule has 0 fully saturated rings. The van der Waals surface area contributed by atoms with Gasteiger partial charge in [-0.3, -0.25) is 9.59 Å². The lowest BCUT2D eigenvalue weighted by atomic mass is 10.2. The van der Waals surface area contributed by atoms with Crippen LogP contribution in [-0.2, 0) is 4.79 Å². The van der Waals surface area contributed by atoms with Gasteiger partial charge in [0.15, 0.2) is 0 Å². The number of hydrogen-bond acceptors (Lipinski definition) is 5. The van der Waals surface area contributed by atoms with E-state index in [1.54, 1.807) is 80.9 Å². The van der Waals surface area contributed by atoms with E-state index in [1.165, 1.54) is 0 Å². The molecular weight excluding hydrogens is 382 g/mol. The van der Waals surface area contributed by atoms with Gasteiger partial charge in [0.2, 0.25) is 5.91 Å². The van der Waals surface area contributed by atoms with Crippen LogP contribution < -0.4 is 25.4 Å². The molecule has 3 aromatic carbocycles. The van der Waals surface area contributed by atoms with Crippen molar-refractivity contribution in [1.29, 1.82) is 0 Å². The summed E-state index contributed by atoms with van der Waals surface area (Å²) < 4.78 is 10.5. The Morgan fingerprint density at radius 2 is 1.53 bits per heavy atom. The molecule has 0 aromatic heterocycles. The van der Waals surface area contributed by atoms with E-state index in [4.69, 9.17) is 9.47 Å². The molecule has 0 atom stereocenters. The van der Waals surface area contributed by atoms with Crippen molar-refractivity contribution in [3.8, 4) is 11.5 Å². The summed E-state index contributed by atoms with van der Waals surface area (Å²) >= 11 is 0. The molecule has 0 unspecified atom stereocenters. The Kier molecular flexibility index (Phi) is 6.89. The van der Waals surface area contributed by atoms with Crippen molar-refractivity contribution in [1.82, 2.24) is 0 Å². The van der Waals surface area contributed by atoms with E-state index in [1.807, 2.05) is 6.07 Å². The molecule has 7 nitrogen and oxygen atoms in total. The lowest BCUT2D eigenvalue weighted by Gasteiger charge is -2.13. The first kappa shape index (κ1) is 20.7. The van der Waals surface area contributed by atoms with Crippen molar-refractivity contribution in [2.75, 3.05) is 36.7 Å². The number of hydrogen-bond donors (Lipinski definition) is 3. The molecule has 154 valence electrons. The number of ether oxygens (including phenoxy) is 2. The number of methoxy groups -OCH3 is 2. The molecule has 3 rings (SSSR count). The minimum Gasteiger partial charge on any atom is -0.497 e. The molecule has 0 aliphatic rings. The van der Waals surface area contributed by atoms with Gasteiger partial charge in [0, 0.05) is 23.0 Å². The zero-order chi connectivity index (χ0) is 21.3. The SMILES string of the molecule is COc1ccc(OC)c(NCC(=O)Nc2cccc(NC(=O)c3ccccc3)c2)c1. The topological polar surface area (TPSA) is 88.7 Å². The molecule has 7 heteroatoms. The summed E-state index contributed by atoms with van der Waals surface area (Å²) in [5, 5.41) is 8.67. The first-order valence-corrected chi connectivity index (χ1v) is 9.31. The van der Waals surface area contributed by atoms with Crippen molar-refractivity contribution < 1.29 is 19.1 Å². The fraction of sp³-hybridized carbons (Fsp3) is 0.130. The van der Waals surface area contributed by atoms with Gasteiger partial charge in [-0.25, -0.2) is 0 Å². The fourth-order valence-corrected chi connectivity index (χ4v) is 2.80. The first-order valence-electron chi connectivity index (χ1n) is 9.31. The van der Waals surface area contributed by atoms with Crippen molar-refractivity contribution in [2.45, 2.75) is 0 Å². The van der Waals surface area contributed by atoms with Crippen LogP contribution >= 0.6 is 0 Å². The Morgan fingerprint density at radius 3 is 2.23 bits per heavy atom. The van der Waals surface area contributed by atoms with Crippen LogP contribution in [0.3, 0.4) is 0 Å². The largest absolute Gasteiger partial charge is 0.497 e. The summed E-state index contributed by atoms with van der Waals surface area (Å²) in [5.41, 5.74) is 2.37. The van der Waals surface area contributed by atoms with Crippen LogP contribution in [0.4, 0.5) is 17.1 Å². The van der Waals surface area contributed by atoms with Crippen LogP contribution in [0.1, 0.15) is 10.4 Å². The molecule has 0 radical (unpaired) electrons. The van der Waals surface area contributed by atoms with Gasteiger partial charge in [-0.15, -0.1) is 0 Å². The number of nitrogens with one attached hydrogen (secondary N) is 3. The number of anilines is 3. The molecule has 0 bridgehead atoms. The van der Waals surface area contributed by atoms with E-state index in [-0.39, 0.29) is 18.4 Å². The Hall–Kier alpha value is -4.00. The Bertz CT molecular complexity index is 1020. The van der Waals surface area contributed by atoms with Gasteiger partial charge in [-0.2, -0.15) is 0 Å². The Labute approximate surface area is 175 Å². The van der Waals surface area contributed by atoms with E-state index in [0.717, 1.165) is 0 Å². The highest BCUT2D eigenvalue weighted by Crippen LogP contribution is 2.28. The van der Waals surface area contributed by atoms with Crippen LogP contribution in [0.15, 0.2) is 72.8 Å². The summed E-state index contributed by atoms with van der Waals surface area (Å²) in [6.45, 7) is 0.0319. The van der Waals surface area contributed by atoms with Gasteiger partial charge in [-0.05, 0) is 42.5 Å². The van der Waals surface area contributed by atoms with Crippen molar-refractivity contribution in [3.05, 3.63) is 78.4 Å². The molecule has 0 aliphatic carbocycles. The number of amides is 2. The first-order chi connectivity index (χ1) is 14.6. The number of rotatable bonds is 8. The second-order valence-electron chi connectivity index (χ2n) is 6.37. The minimum absolute atomic E-state index is 0.0319. The number of benzene rings is 3. The maximum Gasteiger partial charge on any atom is 0.255 e.